The number of anilines is 1. The maximum Gasteiger partial charge on any atom is 0.255 e. The number of carbonyl (C=O) groups is 1. The minimum absolute atomic E-state index is 0.0736. The lowest BCUT2D eigenvalue weighted by atomic mass is 10.1. The molecular weight excluding hydrogens is 364 g/mol. The topological polar surface area (TPSA) is 75.7 Å². The summed E-state index contributed by atoms with van der Waals surface area (Å²) in [6, 6.07) is 9.40. The summed E-state index contributed by atoms with van der Waals surface area (Å²) in [6.07, 6.45) is 0. The minimum atomic E-state index is -3.76. The molecule has 1 amide bonds. The van der Waals surface area contributed by atoms with Crippen LogP contribution in [0, 0.1) is 6.92 Å². The molecule has 2 rings (SSSR count). The fourth-order valence-electron chi connectivity index (χ4n) is 2.14. The third kappa shape index (κ3) is 4.12. The van der Waals surface area contributed by atoms with Crippen molar-refractivity contribution in [3.8, 4) is 5.75 Å². The van der Waals surface area contributed by atoms with Crippen molar-refractivity contribution in [1.29, 1.82) is 0 Å². The Morgan fingerprint density at radius 3 is 2.44 bits per heavy atom. The molecule has 0 fully saturated rings. The van der Waals surface area contributed by atoms with E-state index in [9.17, 15) is 13.2 Å². The molecule has 0 saturated heterocycles. The van der Waals surface area contributed by atoms with Gasteiger partial charge >= 0.3 is 0 Å². The van der Waals surface area contributed by atoms with Crippen molar-refractivity contribution in [3.63, 3.8) is 0 Å². The molecular formula is C17H19ClN2O4S. The van der Waals surface area contributed by atoms with E-state index < -0.39 is 15.9 Å². The first-order valence-corrected chi connectivity index (χ1v) is 9.16. The smallest absolute Gasteiger partial charge is 0.255 e. The summed E-state index contributed by atoms with van der Waals surface area (Å²) in [4.78, 5) is 12.4. The maximum absolute atomic E-state index is 12.5. The van der Waals surface area contributed by atoms with Gasteiger partial charge in [0.1, 0.15) is 10.6 Å². The number of benzene rings is 2. The van der Waals surface area contributed by atoms with Gasteiger partial charge in [0.2, 0.25) is 10.0 Å². The first-order chi connectivity index (χ1) is 11.7. The van der Waals surface area contributed by atoms with Gasteiger partial charge in [0, 0.05) is 30.4 Å². The molecule has 0 radical (unpaired) electrons. The number of nitrogens with one attached hydrogen (secondary N) is 1. The Kier molecular flexibility index (Phi) is 5.72. The highest BCUT2D eigenvalue weighted by Gasteiger charge is 2.24. The predicted octanol–water partition coefficient (Wildman–Crippen LogP) is 3.16. The molecule has 1 N–H and O–H groups in total. The molecule has 0 atom stereocenters. The number of nitrogens with zero attached hydrogens (tertiary/aromatic N) is 1. The van der Waals surface area contributed by atoms with E-state index in [0.29, 0.717) is 10.7 Å². The second-order valence-electron chi connectivity index (χ2n) is 5.57. The van der Waals surface area contributed by atoms with Crippen LogP contribution in [0.5, 0.6) is 5.75 Å². The third-order valence-electron chi connectivity index (χ3n) is 3.63. The Morgan fingerprint density at radius 1 is 1.16 bits per heavy atom. The molecule has 2 aromatic rings. The van der Waals surface area contributed by atoms with E-state index in [0.717, 1.165) is 9.87 Å². The van der Waals surface area contributed by atoms with Gasteiger partial charge in [0.15, 0.2) is 0 Å². The molecule has 8 heteroatoms. The normalized spacial score (nSPS) is 11.4. The number of rotatable bonds is 5. The number of halogens is 1. The van der Waals surface area contributed by atoms with E-state index >= 15 is 0 Å². The van der Waals surface area contributed by atoms with E-state index in [1.54, 1.807) is 18.2 Å². The van der Waals surface area contributed by atoms with Gasteiger partial charge < -0.3 is 10.1 Å². The van der Waals surface area contributed by atoms with Crippen molar-refractivity contribution in [2.24, 2.45) is 0 Å². The monoisotopic (exact) mass is 382 g/mol. The summed E-state index contributed by atoms with van der Waals surface area (Å²) in [7, 11) is 0.445. The van der Waals surface area contributed by atoms with Gasteiger partial charge in [-0.1, -0.05) is 17.7 Å². The molecule has 0 aliphatic heterocycles. The molecule has 0 aliphatic rings. The lowest BCUT2D eigenvalue weighted by molar-refractivity contribution is 0.102. The number of hydrogen-bond donors (Lipinski definition) is 1. The first kappa shape index (κ1) is 19.2. The molecule has 0 unspecified atom stereocenters. The van der Waals surface area contributed by atoms with Gasteiger partial charge in [-0.2, -0.15) is 0 Å². The third-order valence-corrected chi connectivity index (χ3v) is 5.70. The van der Waals surface area contributed by atoms with E-state index in [1.807, 2.05) is 6.92 Å². The highest BCUT2D eigenvalue weighted by molar-refractivity contribution is 7.89. The van der Waals surface area contributed by atoms with Crippen LogP contribution < -0.4 is 10.1 Å². The Bertz CT molecular complexity index is 911. The van der Waals surface area contributed by atoms with Crippen LogP contribution in [-0.4, -0.2) is 39.8 Å². The number of aryl methyl sites for hydroxylation is 1. The zero-order chi connectivity index (χ0) is 18.8. The molecule has 0 spiro atoms. The van der Waals surface area contributed by atoms with Crippen LogP contribution in [0.1, 0.15) is 15.9 Å². The van der Waals surface area contributed by atoms with Crippen molar-refractivity contribution < 1.29 is 17.9 Å². The van der Waals surface area contributed by atoms with Crippen LogP contribution in [0.25, 0.3) is 0 Å². The van der Waals surface area contributed by atoms with Crippen molar-refractivity contribution in [2.75, 3.05) is 26.5 Å². The number of amides is 1. The zero-order valence-corrected chi connectivity index (χ0v) is 15.9. The van der Waals surface area contributed by atoms with Crippen LogP contribution in [0.4, 0.5) is 5.69 Å². The maximum atomic E-state index is 12.5. The van der Waals surface area contributed by atoms with Crippen molar-refractivity contribution >= 4 is 33.2 Å². The van der Waals surface area contributed by atoms with E-state index in [1.165, 1.54) is 39.4 Å². The molecule has 0 bridgehead atoms. The van der Waals surface area contributed by atoms with Crippen LogP contribution >= 0.6 is 11.6 Å². The van der Waals surface area contributed by atoms with Crippen molar-refractivity contribution in [2.45, 2.75) is 11.8 Å². The molecule has 25 heavy (non-hydrogen) atoms. The molecule has 0 saturated carbocycles. The van der Waals surface area contributed by atoms with Gasteiger partial charge in [-0.15, -0.1) is 0 Å². The summed E-state index contributed by atoms with van der Waals surface area (Å²) >= 11 is 5.95. The van der Waals surface area contributed by atoms with E-state index in [-0.39, 0.29) is 16.2 Å². The molecule has 134 valence electrons. The lowest BCUT2D eigenvalue weighted by Crippen LogP contribution is -2.23. The van der Waals surface area contributed by atoms with Crippen molar-refractivity contribution in [3.05, 3.63) is 52.5 Å². The summed E-state index contributed by atoms with van der Waals surface area (Å²) in [5.41, 5.74) is 1.60. The van der Waals surface area contributed by atoms with Gasteiger partial charge in [0.25, 0.3) is 5.91 Å². The number of sulfonamides is 1. The van der Waals surface area contributed by atoms with Gasteiger partial charge in [-0.25, -0.2) is 12.7 Å². The highest BCUT2D eigenvalue weighted by atomic mass is 35.5. The second-order valence-corrected chi connectivity index (χ2v) is 8.12. The fraction of sp³-hybridized carbons (Fsp3) is 0.235. The summed E-state index contributed by atoms with van der Waals surface area (Å²) < 4.78 is 31.1. The number of ether oxygens (including phenoxy) is 1. The Labute approximate surface area is 152 Å². The molecule has 0 heterocycles. The number of methoxy groups -OCH3 is 1. The molecule has 6 nitrogen and oxygen atoms in total. The Balaban J connectivity index is 2.43. The van der Waals surface area contributed by atoms with E-state index in [2.05, 4.69) is 5.32 Å². The summed E-state index contributed by atoms with van der Waals surface area (Å²) in [5.74, 6) is -0.271. The summed E-state index contributed by atoms with van der Waals surface area (Å²) in [5, 5.41) is 3.23. The number of carbonyl (C=O) groups excluding carboxylic acids is 1. The van der Waals surface area contributed by atoms with Gasteiger partial charge in [-0.3, -0.25) is 4.79 Å². The second kappa shape index (κ2) is 7.43. The average molecular weight is 383 g/mol. The standard InChI is InChI=1S/C17H19ClN2O4S/c1-11-5-7-13(18)10-14(11)19-17(21)12-6-8-15(24-4)16(9-12)25(22,23)20(2)3/h5-10H,1-4H3,(H,19,21). The van der Waals surface area contributed by atoms with Crippen LogP contribution in [0.2, 0.25) is 5.02 Å². The van der Waals surface area contributed by atoms with Gasteiger partial charge in [-0.05, 0) is 42.8 Å². The number of hydrogen-bond acceptors (Lipinski definition) is 4. The first-order valence-electron chi connectivity index (χ1n) is 7.35. The Morgan fingerprint density at radius 2 is 1.84 bits per heavy atom. The summed E-state index contributed by atoms with van der Waals surface area (Å²) in [6.45, 7) is 1.84. The largest absolute Gasteiger partial charge is 0.495 e. The fourth-order valence-corrected chi connectivity index (χ4v) is 3.39. The predicted molar refractivity (Wildman–Crippen MR) is 98.0 cm³/mol. The Hall–Kier alpha value is -2.09. The quantitative estimate of drug-likeness (QED) is 0.861. The van der Waals surface area contributed by atoms with Crippen LogP contribution in [0.3, 0.4) is 0 Å². The molecule has 0 aromatic heterocycles. The molecule has 0 aliphatic carbocycles. The average Bonchev–Trinajstić information content (AvgIpc) is 2.57. The highest BCUT2D eigenvalue weighted by Crippen LogP contribution is 2.28. The zero-order valence-electron chi connectivity index (χ0n) is 14.3. The van der Waals surface area contributed by atoms with Crippen LogP contribution in [0.15, 0.2) is 41.3 Å². The van der Waals surface area contributed by atoms with Crippen LogP contribution in [-0.2, 0) is 10.0 Å². The van der Waals surface area contributed by atoms with Gasteiger partial charge in [0.05, 0.1) is 7.11 Å². The van der Waals surface area contributed by atoms with E-state index in [4.69, 9.17) is 16.3 Å². The van der Waals surface area contributed by atoms with Crippen molar-refractivity contribution in [1.82, 2.24) is 4.31 Å². The SMILES string of the molecule is COc1ccc(C(=O)Nc2cc(Cl)ccc2C)cc1S(=O)(=O)N(C)C. The minimum Gasteiger partial charge on any atom is -0.495 e. The molecule has 2 aromatic carbocycles. The lowest BCUT2D eigenvalue weighted by Gasteiger charge is -2.16.